The van der Waals surface area contributed by atoms with Gasteiger partial charge in [0.05, 0.1) is 29.9 Å². The maximum absolute atomic E-state index is 14.0. The number of hydrogen-bond acceptors (Lipinski definition) is 8. The van der Waals surface area contributed by atoms with E-state index < -0.39 is 22.9 Å². The number of benzene rings is 1. The Kier molecular flexibility index (Phi) is 7.96. The molecule has 0 radical (unpaired) electrons. The zero-order valence-corrected chi connectivity index (χ0v) is 25.0. The van der Waals surface area contributed by atoms with Crippen LogP contribution in [-0.2, 0) is 24.9 Å². The van der Waals surface area contributed by atoms with E-state index in [9.17, 15) is 19.6 Å². The highest BCUT2D eigenvalue weighted by Crippen LogP contribution is 2.24. The first-order chi connectivity index (χ1) is 20.5. The summed E-state index contributed by atoms with van der Waals surface area (Å²) in [6.45, 7) is 8.37. The van der Waals surface area contributed by atoms with Gasteiger partial charge in [0, 0.05) is 31.6 Å². The number of anilines is 1. The number of aryl methyl sites for hydroxylation is 1. The Morgan fingerprint density at radius 1 is 1.16 bits per heavy atom. The number of ether oxygens (including phenoxy) is 1. The molecule has 0 aliphatic carbocycles. The first kappa shape index (κ1) is 29.4. The molecule has 0 spiro atoms. The number of para-hydroxylation sites is 1. The van der Waals surface area contributed by atoms with Gasteiger partial charge in [0.2, 0.25) is 5.95 Å². The van der Waals surface area contributed by atoms with Gasteiger partial charge in [-0.05, 0) is 52.7 Å². The summed E-state index contributed by atoms with van der Waals surface area (Å²) < 4.78 is 9.67. The smallest absolute Gasteiger partial charge is 0.407 e. The van der Waals surface area contributed by atoms with Gasteiger partial charge in [0.15, 0.2) is 11.2 Å². The summed E-state index contributed by atoms with van der Waals surface area (Å²) >= 11 is 0. The van der Waals surface area contributed by atoms with E-state index in [1.807, 2.05) is 37.8 Å². The zero-order chi connectivity index (χ0) is 30.9. The molecule has 1 atom stereocenters. The van der Waals surface area contributed by atoms with Crippen LogP contribution in [0.3, 0.4) is 0 Å². The molecule has 1 aliphatic heterocycles. The number of nitrogens with one attached hydrogen (secondary N) is 1. The Bertz CT molecular complexity index is 1950. The van der Waals surface area contributed by atoms with Crippen molar-refractivity contribution in [2.75, 3.05) is 18.0 Å². The van der Waals surface area contributed by atoms with Crippen molar-refractivity contribution in [2.45, 2.75) is 65.3 Å². The molecule has 0 unspecified atom stereocenters. The van der Waals surface area contributed by atoms with Gasteiger partial charge in [-0.3, -0.25) is 18.5 Å². The number of imidazole rings is 1. The van der Waals surface area contributed by atoms with Crippen molar-refractivity contribution < 1.29 is 9.53 Å². The molecule has 1 aliphatic rings. The van der Waals surface area contributed by atoms with Crippen LogP contribution in [0.5, 0.6) is 0 Å². The van der Waals surface area contributed by atoms with Crippen molar-refractivity contribution in [2.24, 2.45) is 7.05 Å². The number of carbonyl (C=O) groups is 1. The van der Waals surface area contributed by atoms with E-state index in [1.54, 1.807) is 36.7 Å². The molecule has 1 N–H and O–H groups in total. The van der Waals surface area contributed by atoms with Crippen molar-refractivity contribution in [1.29, 1.82) is 5.26 Å². The standard InChI is InChI=1S/C31H34N8O4/c1-6-7-16-38-25-26(35-28(38)37-15-9-12-22(18-37)34-29(41)43-31(2,3)4)36(5)30(42)39(27(25)40)19-23-14-13-20-10-8-11-21(17-32)24(20)33-23/h8,10-11,13-14,22H,9,12,15-16,18-19H2,1-5H3,(H,34,41)/t22-/m1/s1. The van der Waals surface area contributed by atoms with E-state index in [2.05, 4.69) is 28.2 Å². The predicted molar refractivity (Wildman–Crippen MR) is 163 cm³/mol. The predicted octanol–water partition coefficient (Wildman–Crippen LogP) is 2.88. The topological polar surface area (TPSA) is 140 Å². The van der Waals surface area contributed by atoms with Gasteiger partial charge in [-0.1, -0.05) is 24.1 Å². The Morgan fingerprint density at radius 3 is 2.67 bits per heavy atom. The molecule has 5 rings (SSSR count). The second-order valence-electron chi connectivity index (χ2n) is 11.6. The summed E-state index contributed by atoms with van der Waals surface area (Å²) in [7, 11) is 1.58. The fourth-order valence-corrected chi connectivity index (χ4v) is 5.33. The van der Waals surface area contributed by atoms with Crippen LogP contribution in [0.15, 0.2) is 39.9 Å². The highest BCUT2D eigenvalue weighted by atomic mass is 16.6. The number of pyridine rings is 1. The monoisotopic (exact) mass is 582 g/mol. The maximum Gasteiger partial charge on any atom is 0.407 e. The molecule has 0 bridgehead atoms. The number of alkyl carbamates (subject to hydrolysis) is 1. The van der Waals surface area contributed by atoms with Gasteiger partial charge in [-0.25, -0.2) is 14.6 Å². The number of carbonyl (C=O) groups excluding carboxylic acids is 1. The number of piperidine rings is 1. The lowest BCUT2D eigenvalue weighted by atomic mass is 10.1. The van der Waals surface area contributed by atoms with E-state index in [-0.39, 0.29) is 30.3 Å². The number of amides is 1. The summed E-state index contributed by atoms with van der Waals surface area (Å²) in [6, 6.07) is 10.8. The van der Waals surface area contributed by atoms with Crippen LogP contribution in [-0.4, -0.2) is 54.5 Å². The van der Waals surface area contributed by atoms with Crippen LogP contribution in [0.2, 0.25) is 0 Å². The second kappa shape index (κ2) is 11.6. The Labute approximate surface area is 248 Å². The Balaban J connectivity index is 1.55. The number of nitrogens with zero attached hydrogens (tertiary/aromatic N) is 7. The van der Waals surface area contributed by atoms with Crippen LogP contribution in [0.4, 0.5) is 10.7 Å². The molecule has 0 saturated carbocycles. The van der Waals surface area contributed by atoms with E-state index >= 15 is 0 Å². The van der Waals surface area contributed by atoms with Gasteiger partial charge in [-0.2, -0.15) is 10.2 Å². The van der Waals surface area contributed by atoms with Crippen LogP contribution in [0, 0.1) is 23.2 Å². The highest BCUT2D eigenvalue weighted by Gasteiger charge is 2.29. The lowest BCUT2D eigenvalue weighted by Crippen LogP contribution is -2.49. The molecule has 43 heavy (non-hydrogen) atoms. The third-order valence-electron chi connectivity index (χ3n) is 7.27. The van der Waals surface area contributed by atoms with Gasteiger partial charge < -0.3 is 15.0 Å². The van der Waals surface area contributed by atoms with Crippen LogP contribution in [0.1, 0.15) is 51.8 Å². The first-order valence-corrected chi connectivity index (χ1v) is 14.1. The molecule has 1 aromatic carbocycles. The van der Waals surface area contributed by atoms with E-state index in [0.717, 1.165) is 22.8 Å². The Hall–Kier alpha value is -5.10. The SMILES string of the molecule is CC#CCn1c(N2CCC[C@@H](NC(=O)OC(C)(C)C)C2)nc2c1c(=O)n(Cc1ccc3cccc(C#N)c3n1)c(=O)n2C. The van der Waals surface area contributed by atoms with Crippen LogP contribution in [0.25, 0.3) is 22.1 Å². The average molecular weight is 583 g/mol. The van der Waals surface area contributed by atoms with E-state index in [4.69, 9.17) is 9.72 Å². The minimum Gasteiger partial charge on any atom is -0.444 e. The molecule has 4 aromatic rings. The number of aromatic nitrogens is 5. The number of fused-ring (bicyclic) bond motifs is 2. The van der Waals surface area contributed by atoms with Gasteiger partial charge in [-0.15, -0.1) is 5.92 Å². The van der Waals surface area contributed by atoms with Gasteiger partial charge >= 0.3 is 11.8 Å². The minimum atomic E-state index is -0.615. The van der Waals surface area contributed by atoms with Crippen molar-refractivity contribution in [3.8, 4) is 17.9 Å². The second-order valence-corrected chi connectivity index (χ2v) is 11.6. The zero-order valence-electron chi connectivity index (χ0n) is 25.0. The molecule has 12 heteroatoms. The minimum absolute atomic E-state index is 0.0806. The lowest BCUT2D eigenvalue weighted by molar-refractivity contribution is 0.0499. The maximum atomic E-state index is 14.0. The van der Waals surface area contributed by atoms with Gasteiger partial charge in [0.25, 0.3) is 5.56 Å². The van der Waals surface area contributed by atoms with Crippen LogP contribution < -0.4 is 21.5 Å². The Morgan fingerprint density at radius 2 is 1.95 bits per heavy atom. The fraction of sp³-hybridized carbons (Fsp3) is 0.419. The third-order valence-corrected chi connectivity index (χ3v) is 7.27. The average Bonchev–Trinajstić information content (AvgIpc) is 3.35. The summed E-state index contributed by atoms with van der Waals surface area (Å²) in [5.74, 6) is 6.41. The van der Waals surface area contributed by atoms with E-state index in [1.165, 1.54) is 4.57 Å². The highest BCUT2D eigenvalue weighted by molar-refractivity contribution is 5.84. The van der Waals surface area contributed by atoms with Crippen molar-refractivity contribution in [3.63, 3.8) is 0 Å². The fourth-order valence-electron chi connectivity index (χ4n) is 5.33. The molecule has 1 amide bonds. The summed E-state index contributed by atoms with van der Waals surface area (Å²) in [4.78, 5) is 51.3. The molecule has 1 saturated heterocycles. The van der Waals surface area contributed by atoms with Crippen LogP contribution >= 0.6 is 0 Å². The molecule has 3 aromatic heterocycles. The number of nitriles is 1. The molecule has 4 heterocycles. The largest absolute Gasteiger partial charge is 0.444 e. The molecule has 12 nitrogen and oxygen atoms in total. The summed E-state index contributed by atoms with van der Waals surface area (Å²) in [5.41, 5.74) is 0.242. The third kappa shape index (κ3) is 5.95. The summed E-state index contributed by atoms with van der Waals surface area (Å²) in [6.07, 6.45) is 1.06. The first-order valence-electron chi connectivity index (χ1n) is 14.1. The normalized spacial score (nSPS) is 15.2. The number of hydrogen-bond donors (Lipinski definition) is 1. The molecular weight excluding hydrogens is 548 g/mol. The molecule has 1 fully saturated rings. The molecular formula is C31H34N8O4. The van der Waals surface area contributed by atoms with Crippen molar-refractivity contribution in [3.05, 3.63) is 62.4 Å². The lowest BCUT2D eigenvalue weighted by Gasteiger charge is -2.34. The van der Waals surface area contributed by atoms with E-state index in [0.29, 0.717) is 35.8 Å². The molecule has 222 valence electrons. The van der Waals surface area contributed by atoms with Crippen molar-refractivity contribution >= 4 is 34.1 Å². The quantitative estimate of drug-likeness (QED) is 0.354. The van der Waals surface area contributed by atoms with Gasteiger partial charge in [0.1, 0.15) is 11.7 Å². The van der Waals surface area contributed by atoms with Crippen molar-refractivity contribution in [1.82, 2.24) is 29.0 Å². The number of rotatable bonds is 5. The summed E-state index contributed by atoms with van der Waals surface area (Å²) in [5, 5.41) is 13.3.